The van der Waals surface area contributed by atoms with Crippen molar-refractivity contribution in [3.05, 3.63) is 69.8 Å². The third kappa shape index (κ3) is 6.44. The number of ether oxygens (including phenoxy) is 1. The monoisotopic (exact) mass is 488 g/mol. The summed E-state index contributed by atoms with van der Waals surface area (Å²) >= 11 is 12.2. The van der Waals surface area contributed by atoms with Crippen LogP contribution < -0.4 is 20.7 Å². The van der Waals surface area contributed by atoms with Crippen LogP contribution in [-0.2, 0) is 7.05 Å². The molecule has 8 heteroatoms. The van der Waals surface area contributed by atoms with Crippen LogP contribution in [0, 0.1) is 6.92 Å². The van der Waals surface area contributed by atoms with Gasteiger partial charge >= 0.3 is 0 Å². The lowest BCUT2D eigenvalue weighted by Crippen LogP contribution is -2.29. The van der Waals surface area contributed by atoms with E-state index in [2.05, 4.69) is 16.0 Å². The Morgan fingerprint density at radius 1 is 1.03 bits per heavy atom. The first-order valence-corrected chi connectivity index (χ1v) is 11.7. The van der Waals surface area contributed by atoms with Gasteiger partial charge in [-0.1, -0.05) is 29.3 Å². The van der Waals surface area contributed by atoms with Crippen molar-refractivity contribution in [3.63, 3.8) is 0 Å². The maximum atomic E-state index is 12.7. The maximum absolute atomic E-state index is 12.7. The van der Waals surface area contributed by atoms with Crippen LogP contribution in [0.4, 0.5) is 5.69 Å². The van der Waals surface area contributed by atoms with E-state index in [-0.39, 0.29) is 5.91 Å². The van der Waals surface area contributed by atoms with E-state index in [1.54, 1.807) is 13.2 Å². The molecular formula is C25H30Cl2N4O2. The number of rotatable bonds is 11. The third-order valence-corrected chi connectivity index (χ3v) is 6.37. The highest BCUT2D eigenvalue weighted by Crippen LogP contribution is 2.29. The van der Waals surface area contributed by atoms with Gasteiger partial charge in [0, 0.05) is 38.1 Å². The average molecular weight is 489 g/mol. The van der Waals surface area contributed by atoms with Gasteiger partial charge in [0.2, 0.25) is 0 Å². The summed E-state index contributed by atoms with van der Waals surface area (Å²) < 4.78 is 7.27. The summed E-state index contributed by atoms with van der Waals surface area (Å²) in [5, 5.41) is 10.7. The highest BCUT2D eigenvalue weighted by Gasteiger charge is 2.16. The second-order valence-corrected chi connectivity index (χ2v) is 8.49. The molecular weight excluding hydrogens is 459 g/mol. The highest BCUT2D eigenvalue weighted by molar-refractivity contribution is 6.43. The first-order valence-electron chi connectivity index (χ1n) is 10.9. The van der Waals surface area contributed by atoms with Crippen LogP contribution >= 0.6 is 23.2 Å². The summed E-state index contributed by atoms with van der Waals surface area (Å²) in [6.07, 6.45) is 0.834. The van der Waals surface area contributed by atoms with Crippen LogP contribution in [0.2, 0.25) is 10.0 Å². The van der Waals surface area contributed by atoms with Crippen molar-refractivity contribution in [1.82, 2.24) is 15.2 Å². The van der Waals surface area contributed by atoms with Gasteiger partial charge in [-0.25, -0.2) is 0 Å². The Balaban J connectivity index is 1.40. The van der Waals surface area contributed by atoms with E-state index in [1.165, 1.54) is 0 Å². The SMILES string of the molecule is COc1ccc(-c2cc(C(=O)NCCCNCCNc3cccc(Cl)c3Cl)c(C)n2C)cc1. The quantitative estimate of drug-likeness (QED) is 0.327. The molecule has 0 unspecified atom stereocenters. The Morgan fingerprint density at radius 2 is 1.79 bits per heavy atom. The largest absolute Gasteiger partial charge is 0.497 e. The minimum atomic E-state index is -0.0554. The Hall–Kier alpha value is -2.67. The van der Waals surface area contributed by atoms with Crippen LogP contribution in [0.5, 0.6) is 5.75 Å². The highest BCUT2D eigenvalue weighted by atomic mass is 35.5. The van der Waals surface area contributed by atoms with Gasteiger partial charge in [0.05, 0.1) is 28.4 Å². The van der Waals surface area contributed by atoms with Crippen LogP contribution in [0.15, 0.2) is 48.5 Å². The predicted molar refractivity (Wildman–Crippen MR) is 137 cm³/mol. The van der Waals surface area contributed by atoms with E-state index in [0.717, 1.165) is 54.4 Å². The smallest absolute Gasteiger partial charge is 0.253 e. The van der Waals surface area contributed by atoms with Crippen LogP contribution in [0.3, 0.4) is 0 Å². The van der Waals surface area contributed by atoms with Gasteiger partial charge in [-0.15, -0.1) is 0 Å². The molecule has 0 fully saturated rings. The molecule has 0 radical (unpaired) electrons. The molecule has 3 N–H and O–H groups in total. The van der Waals surface area contributed by atoms with Crippen LogP contribution in [0.25, 0.3) is 11.3 Å². The van der Waals surface area contributed by atoms with Gasteiger partial charge in [0.25, 0.3) is 5.91 Å². The second-order valence-electron chi connectivity index (χ2n) is 7.70. The zero-order chi connectivity index (χ0) is 23.8. The van der Waals surface area contributed by atoms with Gasteiger partial charge in [0.15, 0.2) is 0 Å². The zero-order valence-electron chi connectivity index (χ0n) is 19.2. The summed E-state index contributed by atoms with van der Waals surface area (Å²) in [6.45, 7) is 4.87. The van der Waals surface area contributed by atoms with E-state index in [1.807, 2.05) is 61.0 Å². The molecule has 6 nitrogen and oxygen atoms in total. The second kappa shape index (κ2) is 12.0. The minimum Gasteiger partial charge on any atom is -0.497 e. The molecule has 0 atom stereocenters. The lowest BCUT2D eigenvalue weighted by molar-refractivity contribution is 0.0952. The molecule has 0 saturated heterocycles. The lowest BCUT2D eigenvalue weighted by Gasteiger charge is -2.10. The summed E-state index contributed by atoms with van der Waals surface area (Å²) in [5.41, 5.74) is 4.48. The molecule has 3 aromatic rings. The molecule has 0 spiro atoms. The zero-order valence-corrected chi connectivity index (χ0v) is 20.7. The van der Waals surface area contributed by atoms with E-state index in [0.29, 0.717) is 22.2 Å². The topological polar surface area (TPSA) is 67.3 Å². The summed E-state index contributed by atoms with van der Waals surface area (Å²) in [6, 6.07) is 15.3. The predicted octanol–water partition coefficient (Wildman–Crippen LogP) is 5.14. The van der Waals surface area contributed by atoms with Gasteiger partial charge < -0.3 is 25.3 Å². The maximum Gasteiger partial charge on any atom is 0.253 e. The number of nitrogens with zero attached hydrogens (tertiary/aromatic N) is 1. The standard InChI is InChI=1S/C25H30Cl2N4O2/c1-17-20(16-23(31(17)2)18-8-10-19(33-3)11-9-18)25(32)30-13-5-12-28-14-15-29-22-7-4-6-21(26)24(22)27/h4,6-11,16,28-29H,5,12-15H2,1-3H3,(H,30,32). The average Bonchev–Trinajstić information content (AvgIpc) is 3.12. The van der Waals surface area contributed by atoms with Gasteiger partial charge in [-0.05, 0) is 67.9 Å². The first kappa shape index (κ1) is 25.0. The number of carbonyl (C=O) groups excluding carboxylic acids is 1. The fraction of sp³-hybridized carbons (Fsp3) is 0.320. The van der Waals surface area contributed by atoms with E-state index in [4.69, 9.17) is 27.9 Å². The van der Waals surface area contributed by atoms with Gasteiger partial charge in [-0.3, -0.25) is 4.79 Å². The molecule has 176 valence electrons. The van der Waals surface area contributed by atoms with E-state index >= 15 is 0 Å². The number of hydrogen-bond donors (Lipinski definition) is 3. The summed E-state index contributed by atoms with van der Waals surface area (Å²) in [5.74, 6) is 0.750. The number of nitrogens with one attached hydrogen (secondary N) is 3. The van der Waals surface area contributed by atoms with E-state index < -0.39 is 0 Å². The number of hydrogen-bond acceptors (Lipinski definition) is 4. The number of halogens is 2. The summed E-state index contributed by atoms with van der Waals surface area (Å²) in [7, 11) is 3.62. The third-order valence-electron chi connectivity index (χ3n) is 5.55. The first-order chi connectivity index (χ1) is 15.9. The normalized spacial score (nSPS) is 10.8. The molecule has 1 amide bonds. The van der Waals surface area contributed by atoms with Crippen molar-refractivity contribution in [2.24, 2.45) is 7.05 Å². The molecule has 0 aliphatic carbocycles. The Labute approximate surface area is 205 Å². The number of anilines is 1. The van der Waals surface area contributed by atoms with Crippen molar-refractivity contribution in [1.29, 1.82) is 0 Å². The van der Waals surface area contributed by atoms with Crippen molar-refractivity contribution in [2.75, 3.05) is 38.6 Å². The number of carbonyl (C=O) groups is 1. The molecule has 2 aromatic carbocycles. The molecule has 1 heterocycles. The minimum absolute atomic E-state index is 0.0554. The molecule has 3 rings (SSSR count). The van der Waals surface area contributed by atoms with Crippen LogP contribution in [0.1, 0.15) is 22.5 Å². The molecule has 0 saturated carbocycles. The Bertz CT molecular complexity index is 1080. The fourth-order valence-electron chi connectivity index (χ4n) is 3.53. The molecule has 0 aliphatic rings. The van der Waals surface area contributed by atoms with Gasteiger partial charge in [0.1, 0.15) is 5.75 Å². The Kier molecular flexibility index (Phi) is 9.06. The van der Waals surface area contributed by atoms with Crippen molar-refractivity contribution in [2.45, 2.75) is 13.3 Å². The molecule has 0 bridgehead atoms. The summed E-state index contributed by atoms with van der Waals surface area (Å²) in [4.78, 5) is 12.7. The van der Waals surface area contributed by atoms with Crippen LogP contribution in [-0.4, -0.2) is 43.8 Å². The van der Waals surface area contributed by atoms with E-state index in [9.17, 15) is 4.79 Å². The fourth-order valence-corrected chi connectivity index (χ4v) is 3.90. The van der Waals surface area contributed by atoms with Crippen molar-refractivity contribution < 1.29 is 9.53 Å². The Morgan fingerprint density at radius 3 is 2.52 bits per heavy atom. The molecule has 0 aliphatic heterocycles. The van der Waals surface area contributed by atoms with Crippen molar-refractivity contribution in [3.8, 4) is 17.0 Å². The molecule has 1 aromatic heterocycles. The molecule has 33 heavy (non-hydrogen) atoms. The number of aromatic nitrogens is 1. The lowest BCUT2D eigenvalue weighted by atomic mass is 10.1. The van der Waals surface area contributed by atoms with Gasteiger partial charge in [-0.2, -0.15) is 0 Å². The van der Waals surface area contributed by atoms with Crippen molar-refractivity contribution >= 4 is 34.8 Å². The number of methoxy groups -OCH3 is 1. The number of amides is 1. The number of benzene rings is 2.